The number of aromatic nitrogens is 2. The number of aryl methyl sites for hydroxylation is 1. The number of amides is 1. The topological polar surface area (TPSA) is 101 Å². The second-order valence-electron chi connectivity index (χ2n) is 4.02. The molecule has 1 aromatic heterocycles. The summed E-state index contributed by atoms with van der Waals surface area (Å²) in [6.45, 7) is 0.323. The number of likely N-dealkylation sites (N-methyl/N-ethyl adjacent to an activating group) is 1. The maximum atomic E-state index is 11.7. The molecule has 0 spiro atoms. The Hall–Kier alpha value is -1.74. The maximum Gasteiger partial charge on any atom is 0.271 e. The summed E-state index contributed by atoms with van der Waals surface area (Å²) >= 11 is 0. The third kappa shape index (κ3) is 4.45. The van der Waals surface area contributed by atoms with Gasteiger partial charge in [0.2, 0.25) is 10.0 Å². The van der Waals surface area contributed by atoms with Gasteiger partial charge in [0, 0.05) is 33.3 Å². The number of hydrogen-bond acceptors (Lipinski definition) is 5. The number of hydrogen-bond donors (Lipinski definition) is 1. The van der Waals surface area contributed by atoms with Crippen LogP contribution in [0.15, 0.2) is 16.9 Å². The van der Waals surface area contributed by atoms with Crippen LogP contribution in [0.25, 0.3) is 0 Å². The summed E-state index contributed by atoms with van der Waals surface area (Å²) in [5, 5.41) is 6.31. The molecular weight excluding hydrogens is 272 g/mol. The Morgan fingerprint density at radius 3 is 2.63 bits per heavy atom. The minimum atomic E-state index is -3.26. The second kappa shape index (κ2) is 5.93. The van der Waals surface area contributed by atoms with Crippen molar-refractivity contribution < 1.29 is 13.2 Å². The number of nitrogens with one attached hydrogen (secondary N) is 1. The van der Waals surface area contributed by atoms with Gasteiger partial charge in [0.15, 0.2) is 0 Å². The van der Waals surface area contributed by atoms with E-state index in [1.807, 2.05) is 0 Å². The van der Waals surface area contributed by atoms with Gasteiger partial charge in [-0.15, -0.1) is 0 Å². The van der Waals surface area contributed by atoms with Gasteiger partial charge in [-0.2, -0.15) is 5.10 Å². The zero-order valence-electron chi connectivity index (χ0n) is 11.0. The monoisotopic (exact) mass is 288 g/mol. The third-order valence-corrected chi connectivity index (χ3v) is 3.79. The van der Waals surface area contributed by atoms with Crippen molar-refractivity contribution in [3.8, 4) is 0 Å². The molecule has 0 aromatic carbocycles. The highest BCUT2D eigenvalue weighted by Crippen LogP contribution is 1.92. The first kappa shape index (κ1) is 15.3. The average molecular weight is 288 g/mol. The molecule has 1 rings (SSSR count). The van der Waals surface area contributed by atoms with Crippen molar-refractivity contribution in [3.63, 3.8) is 0 Å². The lowest BCUT2D eigenvalue weighted by Crippen LogP contribution is -2.36. The van der Waals surface area contributed by atoms with Crippen LogP contribution in [0.4, 0.5) is 0 Å². The first-order valence-corrected chi connectivity index (χ1v) is 7.30. The number of nitrogens with zero attached hydrogens (tertiary/aromatic N) is 3. The highest BCUT2D eigenvalue weighted by molar-refractivity contribution is 7.88. The minimum absolute atomic E-state index is 0.101. The van der Waals surface area contributed by atoms with E-state index in [1.54, 1.807) is 0 Å². The van der Waals surface area contributed by atoms with Crippen molar-refractivity contribution in [2.45, 2.75) is 0 Å². The number of carbonyl (C=O) groups is 1. The Balaban J connectivity index is 2.57. The molecule has 9 heteroatoms. The molecule has 1 aromatic rings. The Kier molecular flexibility index (Phi) is 4.78. The molecule has 0 aliphatic rings. The predicted octanol–water partition coefficient (Wildman–Crippen LogP) is -1.60. The van der Waals surface area contributed by atoms with Gasteiger partial charge in [-0.25, -0.2) is 17.4 Å². The molecular formula is C10H16N4O4S. The van der Waals surface area contributed by atoms with E-state index in [1.165, 1.54) is 26.2 Å². The van der Waals surface area contributed by atoms with Crippen LogP contribution in [0.1, 0.15) is 10.5 Å². The molecule has 1 heterocycles. The molecule has 0 saturated heterocycles. The van der Waals surface area contributed by atoms with Crippen LogP contribution in [0.5, 0.6) is 0 Å². The Morgan fingerprint density at radius 1 is 1.47 bits per heavy atom. The standard InChI is InChI=1S/C10H16N4O4S/c1-13(19(3,17)18)7-6-11-10(16)8-4-5-9(15)14(2)12-8/h4-5H,6-7H2,1-3H3,(H,11,16). The van der Waals surface area contributed by atoms with Crippen molar-refractivity contribution in [2.75, 3.05) is 26.4 Å². The third-order valence-electron chi connectivity index (χ3n) is 2.47. The van der Waals surface area contributed by atoms with E-state index in [9.17, 15) is 18.0 Å². The SMILES string of the molecule is CN(CCNC(=O)c1ccc(=O)n(C)n1)S(C)(=O)=O. The lowest BCUT2D eigenvalue weighted by molar-refractivity contribution is 0.0945. The van der Waals surface area contributed by atoms with Crippen LogP contribution in [-0.4, -0.2) is 54.8 Å². The minimum Gasteiger partial charge on any atom is -0.349 e. The largest absolute Gasteiger partial charge is 0.349 e. The summed E-state index contributed by atoms with van der Waals surface area (Å²) in [5.41, 5.74) is -0.211. The molecule has 0 atom stereocenters. The van der Waals surface area contributed by atoms with E-state index in [4.69, 9.17) is 0 Å². The Bertz CT molecular complexity index is 623. The average Bonchev–Trinajstić information content (AvgIpc) is 2.31. The molecule has 0 aliphatic carbocycles. The van der Waals surface area contributed by atoms with Gasteiger partial charge in [-0.1, -0.05) is 0 Å². The van der Waals surface area contributed by atoms with E-state index in [2.05, 4.69) is 10.4 Å². The van der Waals surface area contributed by atoms with Gasteiger partial charge in [0.25, 0.3) is 11.5 Å². The van der Waals surface area contributed by atoms with Crippen LogP contribution in [0.3, 0.4) is 0 Å². The van der Waals surface area contributed by atoms with Crippen molar-refractivity contribution in [1.29, 1.82) is 0 Å². The highest BCUT2D eigenvalue weighted by atomic mass is 32.2. The molecule has 0 aliphatic heterocycles. The van der Waals surface area contributed by atoms with Crippen molar-refractivity contribution in [3.05, 3.63) is 28.2 Å². The summed E-state index contributed by atoms with van der Waals surface area (Å²) in [6, 6.07) is 2.56. The molecule has 0 saturated carbocycles. The lowest BCUT2D eigenvalue weighted by Gasteiger charge is -2.14. The molecule has 0 fully saturated rings. The first-order valence-electron chi connectivity index (χ1n) is 5.45. The van der Waals surface area contributed by atoms with E-state index in [-0.39, 0.29) is 24.3 Å². The number of sulfonamides is 1. The molecule has 8 nitrogen and oxygen atoms in total. The smallest absolute Gasteiger partial charge is 0.271 e. The number of rotatable bonds is 5. The quantitative estimate of drug-likeness (QED) is 0.703. The van der Waals surface area contributed by atoms with Gasteiger partial charge < -0.3 is 5.32 Å². The molecule has 0 bridgehead atoms. The summed E-state index contributed by atoms with van der Waals surface area (Å²) in [6.07, 6.45) is 1.09. The van der Waals surface area contributed by atoms with E-state index >= 15 is 0 Å². The molecule has 1 N–H and O–H groups in total. The van der Waals surface area contributed by atoms with Crippen molar-refractivity contribution in [2.24, 2.45) is 7.05 Å². The zero-order chi connectivity index (χ0) is 14.6. The molecule has 19 heavy (non-hydrogen) atoms. The van der Waals surface area contributed by atoms with Gasteiger partial charge in [0.1, 0.15) is 5.69 Å². The van der Waals surface area contributed by atoms with Crippen LogP contribution < -0.4 is 10.9 Å². The zero-order valence-corrected chi connectivity index (χ0v) is 11.8. The van der Waals surface area contributed by atoms with Gasteiger partial charge in [-0.05, 0) is 6.07 Å². The van der Waals surface area contributed by atoms with Gasteiger partial charge >= 0.3 is 0 Å². The van der Waals surface area contributed by atoms with Crippen LogP contribution in [0.2, 0.25) is 0 Å². The lowest BCUT2D eigenvalue weighted by atomic mass is 10.3. The predicted molar refractivity (Wildman–Crippen MR) is 69.3 cm³/mol. The van der Waals surface area contributed by atoms with Crippen LogP contribution >= 0.6 is 0 Å². The normalized spacial score (nSPS) is 11.6. The fourth-order valence-electron chi connectivity index (χ4n) is 1.21. The second-order valence-corrected chi connectivity index (χ2v) is 6.11. The first-order chi connectivity index (χ1) is 8.71. The van der Waals surface area contributed by atoms with Gasteiger partial charge in [0.05, 0.1) is 6.26 Å². The fraction of sp³-hybridized carbons (Fsp3) is 0.500. The highest BCUT2D eigenvalue weighted by Gasteiger charge is 2.12. The summed E-state index contributed by atoms with van der Waals surface area (Å²) in [7, 11) is -0.393. The molecule has 106 valence electrons. The van der Waals surface area contributed by atoms with E-state index in [0.717, 1.165) is 15.2 Å². The molecule has 0 radical (unpaired) electrons. The summed E-state index contributed by atoms with van der Waals surface area (Å²) < 4.78 is 24.4. The maximum absolute atomic E-state index is 11.7. The molecule has 1 amide bonds. The Morgan fingerprint density at radius 2 is 2.11 bits per heavy atom. The van der Waals surface area contributed by atoms with Gasteiger partial charge in [-0.3, -0.25) is 9.59 Å². The van der Waals surface area contributed by atoms with Crippen molar-refractivity contribution >= 4 is 15.9 Å². The van der Waals surface area contributed by atoms with Crippen molar-refractivity contribution in [1.82, 2.24) is 19.4 Å². The van der Waals surface area contributed by atoms with E-state index < -0.39 is 15.9 Å². The Labute approximate surface area is 111 Å². The fourth-order valence-corrected chi connectivity index (χ4v) is 1.63. The van der Waals surface area contributed by atoms with Crippen LogP contribution in [0, 0.1) is 0 Å². The summed E-state index contributed by atoms with van der Waals surface area (Å²) in [5.74, 6) is -0.461. The molecule has 0 unspecified atom stereocenters. The number of carbonyl (C=O) groups excluding carboxylic acids is 1. The van der Waals surface area contributed by atoms with Crippen LogP contribution in [-0.2, 0) is 17.1 Å². The van der Waals surface area contributed by atoms with E-state index in [0.29, 0.717) is 0 Å². The summed E-state index contributed by atoms with van der Waals surface area (Å²) in [4.78, 5) is 22.8.